The third-order valence-electron chi connectivity index (χ3n) is 4.48. The van der Waals surface area contributed by atoms with Gasteiger partial charge in [0.1, 0.15) is 0 Å². The molecule has 21 heavy (non-hydrogen) atoms. The fourth-order valence-corrected chi connectivity index (χ4v) is 3.06. The zero-order valence-corrected chi connectivity index (χ0v) is 13.9. The summed E-state index contributed by atoms with van der Waals surface area (Å²) in [5.74, 6) is 0. The van der Waals surface area contributed by atoms with Crippen molar-refractivity contribution in [3.63, 3.8) is 0 Å². The van der Waals surface area contributed by atoms with E-state index < -0.39 is 0 Å². The minimum atomic E-state index is 0.900. The summed E-state index contributed by atoms with van der Waals surface area (Å²) in [5, 5.41) is 0. The van der Waals surface area contributed by atoms with Crippen LogP contribution in [0.2, 0.25) is 0 Å². The monoisotopic (exact) mass is 290 g/mol. The number of ether oxygens (including phenoxy) is 1. The molecule has 1 aromatic rings. The van der Waals surface area contributed by atoms with Crippen LogP contribution in [-0.2, 0) is 11.2 Å². The minimum Gasteiger partial charge on any atom is -0.379 e. The quantitative estimate of drug-likeness (QED) is 0.767. The first-order valence-electron chi connectivity index (χ1n) is 8.39. The van der Waals surface area contributed by atoms with Crippen LogP contribution in [0.3, 0.4) is 0 Å². The summed E-state index contributed by atoms with van der Waals surface area (Å²) >= 11 is 0. The van der Waals surface area contributed by atoms with Crippen molar-refractivity contribution in [1.82, 2.24) is 4.90 Å². The third kappa shape index (κ3) is 4.72. The molecule has 3 nitrogen and oxygen atoms in total. The van der Waals surface area contributed by atoms with E-state index in [-0.39, 0.29) is 0 Å². The molecular weight excluding hydrogens is 260 g/mol. The van der Waals surface area contributed by atoms with Crippen molar-refractivity contribution < 1.29 is 4.74 Å². The fraction of sp³-hybridized carbons (Fsp3) is 0.667. The van der Waals surface area contributed by atoms with Gasteiger partial charge in [0.2, 0.25) is 0 Å². The summed E-state index contributed by atoms with van der Waals surface area (Å²) in [6, 6.07) is 6.95. The molecule has 0 saturated carbocycles. The molecule has 1 aliphatic heterocycles. The Hall–Kier alpha value is -1.06. The van der Waals surface area contributed by atoms with Gasteiger partial charge in [-0.05, 0) is 63.4 Å². The van der Waals surface area contributed by atoms with Crippen LogP contribution in [0.15, 0.2) is 18.2 Å². The smallest absolute Gasteiger partial charge is 0.0594 e. The molecule has 1 heterocycles. The van der Waals surface area contributed by atoms with E-state index in [0.717, 1.165) is 39.4 Å². The Balaban J connectivity index is 1.85. The topological polar surface area (TPSA) is 15.7 Å². The van der Waals surface area contributed by atoms with Gasteiger partial charge >= 0.3 is 0 Å². The number of hydrogen-bond acceptors (Lipinski definition) is 3. The molecule has 0 radical (unpaired) electrons. The van der Waals surface area contributed by atoms with Crippen molar-refractivity contribution in [1.29, 1.82) is 0 Å². The molecule has 3 heteroatoms. The number of benzene rings is 1. The van der Waals surface area contributed by atoms with Crippen molar-refractivity contribution in [2.75, 3.05) is 50.8 Å². The molecular formula is C18H30N2O. The SMILES string of the molecule is CCN(CC)c1ccc(CCCN2CCOCC2)c(C)c1. The van der Waals surface area contributed by atoms with E-state index in [0.29, 0.717) is 0 Å². The first kappa shape index (κ1) is 16.3. The largest absolute Gasteiger partial charge is 0.379 e. The average Bonchev–Trinajstić information content (AvgIpc) is 2.51. The lowest BCUT2D eigenvalue weighted by Crippen LogP contribution is -2.36. The van der Waals surface area contributed by atoms with Crippen LogP contribution in [0.4, 0.5) is 5.69 Å². The van der Waals surface area contributed by atoms with E-state index in [9.17, 15) is 0 Å². The molecule has 0 aromatic heterocycles. The molecule has 0 N–H and O–H groups in total. The van der Waals surface area contributed by atoms with Crippen LogP contribution in [0.1, 0.15) is 31.4 Å². The molecule has 0 bridgehead atoms. The normalized spacial score (nSPS) is 16.1. The van der Waals surface area contributed by atoms with Crippen LogP contribution in [0, 0.1) is 6.92 Å². The molecule has 0 unspecified atom stereocenters. The molecule has 1 aliphatic rings. The highest BCUT2D eigenvalue weighted by molar-refractivity contribution is 5.50. The maximum absolute atomic E-state index is 5.39. The summed E-state index contributed by atoms with van der Waals surface area (Å²) in [4.78, 5) is 4.92. The van der Waals surface area contributed by atoms with Gasteiger partial charge < -0.3 is 9.64 Å². The van der Waals surface area contributed by atoms with Crippen molar-refractivity contribution in [2.24, 2.45) is 0 Å². The molecule has 0 spiro atoms. The Morgan fingerprint density at radius 1 is 1.14 bits per heavy atom. The van der Waals surface area contributed by atoms with Crippen LogP contribution < -0.4 is 4.90 Å². The van der Waals surface area contributed by atoms with Crippen molar-refractivity contribution in [3.05, 3.63) is 29.3 Å². The highest BCUT2D eigenvalue weighted by atomic mass is 16.5. The number of anilines is 1. The van der Waals surface area contributed by atoms with Crippen molar-refractivity contribution in [3.8, 4) is 0 Å². The second kappa shape index (κ2) is 8.40. The van der Waals surface area contributed by atoms with Crippen molar-refractivity contribution >= 4 is 5.69 Å². The lowest BCUT2D eigenvalue weighted by molar-refractivity contribution is 0.0374. The second-order valence-electron chi connectivity index (χ2n) is 5.84. The lowest BCUT2D eigenvalue weighted by Gasteiger charge is -2.26. The van der Waals surface area contributed by atoms with Crippen LogP contribution in [-0.4, -0.2) is 50.8 Å². The summed E-state index contributed by atoms with van der Waals surface area (Å²) in [6.07, 6.45) is 2.42. The zero-order valence-electron chi connectivity index (χ0n) is 13.9. The van der Waals surface area contributed by atoms with Gasteiger partial charge in [0.05, 0.1) is 13.2 Å². The predicted molar refractivity (Wildman–Crippen MR) is 90.3 cm³/mol. The second-order valence-corrected chi connectivity index (χ2v) is 5.84. The standard InChI is InChI=1S/C18H30N2O/c1-4-20(5-2)18-9-8-17(16(3)15-18)7-6-10-19-11-13-21-14-12-19/h8-9,15H,4-7,10-14H2,1-3H3. The average molecular weight is 290 g/mol. The summed E-state index contributed by atoms with van der Waals surface area (Å²) < 4.78 is 5.39. The molecule has 0 aliphatic carbocycles. The van der Waals surface area contributed by atoms with E-state index in [1.807, 2.05) is 0 Å². The van der Waals surface area contributed by atoms with E-state index in [4.69, 9.17) is 4.74 Å². The molecule has 0 amide bonds. The first-order chi connectivity index (χ1) is 10.2. The molecule has 2 rings (SSSR count). The minimum absolute atomic E-state index is 0.900. The van der Waals surface area contributed by atoms with E-state index in [1.54, 1.807) is 0 Å². The number of rotatable bonds is 7. The van der Waals surface area contributed by atoms with Crippen LogP contribution in [0.25, 0.3) is 0 Å². The van der Waals surface area contributed by atoms with Gasteiger partial charge in [0.25, 0.3) is 0 Å². The summed E-state index contributed by atoms with van der Waals surface area (Å²) in [6.45, 7) is 14.0. The summed E-state index contributed by atoms with van der Waals surface area (Å²) in [7, 11) is 0. The van der Waals surface area contributed by atoms with Gasteiger partial charge in [-0.1, -0.05) is 6.07 Å². The Bertz CT molecular complexity index is 423. The lowest BCUT2D eigenvalue weighted by atomic mass is 10.0. The van der Waals surface area contributed by atoms with E-state index >= 15 is 0 Å². The Morgan fingerprint density at radius 2 is 1.86 bits per heavy atom. The number of nitrogens with zero attached hydrogens (tertiary/aromatic N) is 2. The van der Waals surface area contributed by atoms with Crippen LogP contribution >= 0.6 is 0 Å². The third-order valence-corrected chi connectivity index (χ3v) is 4.48. The highest BCUT2D eigenvalue weighted by Crippen LogP contribution is 2.20. The fourth-order valence-electron chi connectivity index (χ4n) is 3.06. The zero-order chi connectivity index (χ0) is 15.1. The van der Waals surface area contributed by atoms with Crippen molar-refractivity contribution in [2.45, 2.75) is 33.6 Å². The molecule has 0 atom stereocenters. The van der Waals surface area contributed by atoms with Gasteiger partial charge in [-0.25, -0.2) is 0 Å². The number of aryl methyl sites for hydroxylation is 2. The van der Waals surface area contributed by atoms with Crippen LogP contribution in [0.5, 0.6) is 0 Å². The van der Waals surface area contributed by atoms with Gasteiger partial charge in [-0.3, -0.25) is 4.90 Å². The first-order valence-corrected chi connectivity index (χ1v) is 8.39. The number of morpholine rings is 1. The Kier molecular flexibility index (Phi) is 6.52. The predicted octanol–water partition coefficient (Wildman–Crippen LogP) is 3.11. The maximum atomic E-state index is 5.39. The Morgan fingerprint density at radius 3 is 2.48 bits per heavy atom. The maximum Gasteiger partial charge on any atom is 0.0594 e. The van der Waals surface area contributed by atoms with E-state index in [1.165, 1.54) is 36.2 Å². The Labute approximate surface area is 129 Å². The molecule has 1 saturated heterocycles. The molecule has 1 fully saturated rings. The molecule has 118 valence electrons. The van der Waals surface area contributed by atoms with Gasteiger partial charge in [0.15, 0.2) is 0 Å². The highest BCUT2D eigenvalue weighted by Gasteiger charge is 2.10. The molecule has 1 aromatic carbocycles. The van der Waals surface area contributed by atoms with Gasteiger partial charge in [-0.2, -0.15) is 0 Å². The number of hydrogen-bond donors (Lipinski definition) is 0. The van der Waals surface area contributed by atoms with Gasteiger partial charge in [-0.15, -0.1) is 0 Å². The van der Waals surface area contributed by atoms with Gasteiger partial charge in [0, 0.05) is 31.9 Å². The van der Waals surface area contributed by atoms with E-state index in [2.05, 4.69) is 48.8 Å². The summed E-state index contributed by atoms with van der Waals surface area (Å²) in [5.41, 5.74) is 4.29.